The first-order chi connectivity index (χ1) is 4.20. The van der Waals surface area contributed by atoms with Crippen molar-refractivity contribution in [3.63, 3.8) is 0 Å². The summed E-state index contributed by atoms with van der Waals surface area (Å²) in [6, 6.07) is 0. The quantitative estimate of drug-likeness (QED) is 0.316. The lowest BCUT2D eigenvalue weighted by Crippen LogP contribution is -1.94. The molecule has 0 aromatic heterocycles. The molecule has 0 spiro atoms. The van der Waals surface area contributed by atoms with Crippen molar-refractivity contribution in [2.24, 2.45) is 0 Å². The largest absolute Gasteiger partial charge is 0.466 e. The molecule has 0 N–H and O–H groups in total. The highest BCUT2D eigenvalue weighted by Gasteiger charge is 1.90. The molecule has 0 saturated heterocycles. The van der Waals surface area contributed by atoms with Gasteiger partial charge >= 0.3 is 5.97 Å². The molecule has 2 heteroatoms. The van der Waals surface area contributed by atoms with E-state index in [-0.39, 0.29) is 5.97 Å². The molecule has 0 fully saturated rings. The highest BCUT2D eigenvalue weighted by atomic mass is 16.5. The maximum absolute atomic E-state index is 10.4. The van der Waals surface area contributed by atoms with Crippen LogP contribution < -0.4 is 0 Å². The fourth-order valence-corrected chi connectivity index (χ4v) is 0.304. The summed E-state index contributed by atoms with van der Waals surface area (Å²) in [6.07, 6.45) is 2.98. The average Bonchev–Trinajstić information content (AvgIpc) is 1.87. The summed E-state index contributed by atoms with van der Waals surface area (Å²) in [5, 5.41) is 0. The van der Waals surface area contributed by atoms with E-state index in [1.807, 2.05) is 0 Å². The Morgan fingerprint density at radius 2 is 2.22 bits per heavy atom. The number of carbonyl (C=O) groups excluding carboxylic acids is 1. The van der Waals surface area contributed by atoms with Crippen molar-refractivity contribution in [3.8, 4) is 0 Å². The van der Waals surface area contributed by atoms with Gasteiger partial charge in [0.25, 0.3) is 0 Å². The molecule has 0 rings (SSSR count). The first kappa shape index (κ1) is 7.95. The molecule has 0 radical (unpaired) electrons. The van der Waals surface area contributed by atoms with E-state index < -0.39 is 0 Å². The van der Waals surface area contributed by atoms with Gasteiger partial charge in [0.05, 0.1) is 7.11 Å². The molecule has 0 aromatic carbocycles. The first-order valence-corrected chi connectivity index (χ1v) is 2.59. The second-order valence-corrected chi connectivity index (χ2v) is 1.62. The zero-order valence-corrected chi connectivity index (χ0v) is 5.68. The van der Waals surface area contributed by atoms with Crippen molar-refractivity contribution in [2.75, 3.05) is 7.11 Å². The minimum atomic E-state index is -0.340. The maximum atomic E-state index is 10.4. The topological polar surface area (TPSA) is 26.3 Å². The number of allylic oxidation sites excluding steroid dienone is 2. The monoisotopic (exact) mass is 126 g/mol. The van der Waals surface area contributed by atoms with Crippen LogP contribution in [0.1, 0.15) is 6.92 Å². The Hall–Kier alpha value is -1.05. The molecule has 0 saturated carbocycles. The number of ether oxygens (including phenoxy) is 1. The molecule has 0 atom stereocenters. The first-order valence-electron chi connectivity index (χ1n) is 2.59. The smallest absolute Gasteiger partial charge is 0.330 e. The van der Waals surface area contributed by atoms with Crippen molar-refractivity contribution in [3.05, 3.63) is 24.3 Å². The van der Waals surface area contributed by atoms with E-state index in [1.54, 1.807) is 13.0 Å². The Labute approximate surface area is 54.8 Å². The van der Waals surface area contributed by atoms with Gasteiger partial charge < -0.3 is 4.74 Å². The molecule has 0 aliphatic carbocycles. The summed E-state index contributed by atoms with van der Waals surface area (Å²) in [7, 11) is 1.34. The summed E-state index contributed by atoms with van der Waals surface area (Å²) in [5.41, 5.74) is 0.807. The molecule has 0 heterocycles. The van der Waals surface area contributed by atoms with E-state index in [9.17, 15) is 4.79 Å². The molecule has 0 amide bonds. The molecule has 0 aromatic rings. The van der Waals surface area contributed by atoms with Gasteiger partial charge in [-0.25, -0.2) is 4.79 Å². The van der Waals surface area contributed by atoms with Gasteiger partial charge in [-0.1, -0.05) is 12.7 Å². The van der Waals surface area contributed by atoms with E-state index in [0.717, 1.165) is 5.57 Å². The molecule has 0 aliphatic rings. The zero-order valence-electron chi connectivity index (χ0n) is 5.68. The van der Waals surface area contributed by atoms with Gasteiger partial charge in [-0.15, -0.1) is 0 Å². The van der Waals surface area contributed by atoms with Crippen molar-refractivity contribution in [1.82, 2.24) is 0 Å². The number of rotatable bonds is 2. The molecule has 0 bridgehead atoms. The maximum Gasteiger partial charge on any atom is 0.330 e. The van der Waals surface area contributed by atoms with Gasteiger partial charge in [-0.2, -0.15) is 0 Å². The third-order valence-corrected chi connectivity index (χ3v) is 0.869. The van der Waals surface area contributed by atoms with Gasteiger partial charge in [0.2, 0.25) is 0 Å². The van der Waals surface area contributed by atoms with Crippen molar-refractivity contribution in [2.45, 2.75) is 6.92 Å². The summed E-state index contributed by atoms with van der Waals surface area (Å²) >= 11 is 0. The van der Waals surface area contributed by atoms with Crippen LogP contribution in [0.4, 0.5) is 0 Å². The van der Waals surface area contributed by atoms with Gasteiger partial charge in [-0.3, -0.25) is 0 Å². The number of hydrogen-bond donors (Lipinski definition) is 0. The molecule has 0 unspecified atom stereocenters. The fraction of sp³-hybridized carbons (Fsp3) is 0.286. The molecular weight excluding hydrogens is 116 g/mol. The number of esters is 1. The Morgan fingerprint density at radius 1 is 1.67 bits per heavy atom. The number of methoxy groups -OCH3 is 1. The number of hydrogen-bond acceptors (Lipinski definition) is 2. The lowest BCUT2D eigenvalue weighted by Gasteiger charge is -1.90. The second-order valence-electron chi connectivity index (χ2n) is 1.62. The van der Waals surface area contributed by atoms with Crippen LogP contribution in [0.25, 0.3) is 0 Å². The van der Waals surface area contributed by atoms with E-state index in [1.165, 1.54) is 13.2 Å². The van der Waals surface area contributed by atoms with Crippen LogP contribution in [0.5, 0.6) is 0 Å². The SMILES string of the molecule is C=C/C(C)=C\C(=O)OC. The summed E-state index contributed by atoms with van der Waals surface area (Å²) in [4.78, 5) is 10.4. The third kappa shape index (κ3) is 3.53. The van der Waals surface area contributed by atoms with Crippen LogP contribution in [0.3, 0.4) is 0 Å². The van der Waals surface area contributed by atoms with E-state index >= 15 is 0 Å². The predicted octanol–water partition coefficient (Wildman–Crippen LogP) is 1.29. The molecule has 9 heavy (non-hydrogen) atoms. The van der Waals surface area contributed by atoms with Crippen LogP contribution in [0.15, 0.2) is 24.3 Å². The van der Waals surface area contributed by atoms with Crippen molar-refractivity contribution >= 4 is 5.97 Å². The fourth-order valence-electron chi connectivity index (χ4n) is 0.304. The van der Waals surface area contributed by atoms with Crippen LogP contribution in [-0.4, -0.2) is 13.1 Å². The van der Waals surface area contributed by atoms with Crippen LogP contribution in [0, 0.1) is 0 Å². The van der Waals surface area contributed by atoms with E-state index in [2.05, 4.69) is 11.3 Å². The van der Waals surface area contributed by atoms with Crippen molar-refractivity contribution in [1.29, 1.82) is 0 Å². The minimum absolute atomic E-state index is 0.340. The lowest BCUT2D eigenvalue weighted by atomic mass is 10.3. The van der Waals surface area contributed by atoms with Crippen LogP contribution >= 0.6 is 0 Å². The molecule has 0 aliphatic heterocycles. The highest BCUT2D eigenvalue weighted by molar-refractivity contribution is 5.83. The Kier molecular flexibility index (Phi) is 3.44. The Morgan fingerprint density at radius 3 is 2.56 bits per heavy atom. The van der Waals surface area contributed by atoms with Gasteiger partial charge in [-0.05, 0) is 12.5 Å². The normalized spacial score (nSPS) is 10.7. The van der Waals surface area contributed by atoms with Crippen molar-refractivity contribution < 1.29 is 9.53 Å². The predicted molar refractivity (Wildman–Crippen MR) is 36.0 cm³/mol. The van der Waals surface area contributed by atoms with E-state index in [0.29, 0.717) is 0 Å². The molecular formula is C7H10O2. The van der Waals surface area contributed by atoms with Gasteiger partial charge in [0.1, 0.15) is 0 Å². The highest BCUT2D eigenvalue weighted by Crippen LogP contribution is 1.92. The minimum Gasteiger partial charge on any atom is -0.466 e. The molecule has 50 valence electrons. The Balaban J connectivity index is 3.94. The summed E-state index contributed by atoms with van der Waals surface area (Å²) in [6.45, 7) is 5.25. The van der Waals surface area contributed by atoms with E-state index in [4.69, 9.17) is 0 Å². The van der Waals surface area contributed by atoms with Gasteiger partial charge in [0.15, 0.2) is 0 Å². The lowest BCUT2D eigenvalue weighted by molar-refractivity contribution is -0.134. The second kappa shape index (κ2) is 3.89. The van der Waals surface area contributed by atoms with Crippen LogP contribution in [-0.2, 0) is 9.53 Å². The summed E-state index contributed by atoms with van der Waals surface area (Å²) in [5.74, 6) is -0.340. The number of carbonyl (C=O) groups is 1. The Bertz CT molecular complexity index is 145. The summed E-state index contributed by atoms with van der Waals surface area (Å²) < 4.78 is 4.36. The standard InChI is InChI=1S/C7H10O2/c1-4-6(2)5-7(8)9-3/h4-5H,1H2,2-3H3/b6-5-. The average molecular weight is 126 g/mol. The molecule has 2 nitrogen and oxygen atoms in total. The van der Waals surface area contributed by atoms with Gasteiger partial charge in [0, 0.05) is 6.08 Å². The zero-order chi connectivity index (χ0) is 7.28. The van der Waals surface area contributed by atoms with Crippen LogP contribution in [0.2, 0.25) is 0 Å². The third-order valence-electron chi connectivity index (χ3n) is 0.869.